The fourth-order valence-corrected chi connectivity index (χ4v) is 2.50. The average Bonchev–Trinajstić information content (AvgIpc) is 2.78. The molecular formula is C22H35NO9. The van der Waals surface area contributed by atoms with E-state index in [1.807, 2.05) is 0 Å². The number of carbonyl (C=O) groups excluding carboxylic acids is 1. The molecule has 0 aliphatic rings. The summed E-state index contributed by atoms with van der Waals surface area (Å²) in [4.78, 5) is 22.7. The summed E-state index contributed by atoms with van der Waals surface area (Å²) in [5.74, 6) is -0.530. The number of benzene rings is 1. The Balaban J connectivity index is 1.95. The Kier molecular flexibility index (Phi) is 16.1. The van der Waals surface area contributed by atoms with Crippen LogP contribution >= 0.6 is 0 Å². The zero-order chi connectivity index (χ0) is 23.4. The lowest BCUT2D eigenvalue weighted by Crippen LogP contribution is -2.32. The highest BCUT2D eigenvalue weighted by Crippen LogP contribution is 2.13. The maximum Gasteiger partial charge on any atom is 0.320 e. The van der Waals surface area contributed by atoms with Gasteiger partial charge in [0.15, 0.2) is 5.78 Å². The number of Topliss-reactive ketones (excluding diaryl/α,β-unsaturated/α-hetero) is 1. The highest BCUT2D eigenvalue weighted by Gasteiger charge is 2.12. The van der Waals surface area contributed by atoms with E-state index in [9.17, 15) is 9.59 Å². The number of ketones is 1. The van der Waals surface area contributed by atoms with Crippen LogP contribution in [-0.2, 0) is 35.0 Å². The molecule has 0 unspecified atom stereocenters. The van der Waals surface area contributed by atoms with E-state index < -0.39 is 12.0 Å². The van der Waals surface area contributed by atoms with Gasteiger partial charge < -0.3 is 39.6 Å². The van der Waals surface area contributed by atoms with Crippen LogP contribution in [-0.4, -0.2) is 94.1 Å². The Bertz CT molecular complexity index is 624. The Morgan fingerprint density at radius 1 is 0.844 bits per heavy atom. The zero-order valence-electron chi connectivity index (χ0n) is 18.4. The fourth-order valence-electron chi connectivity index (χ4n) is 2.50. The van der Waals surface area contributed by atoms with Gasteiger partial charge >= 0.3 is 5.97 Å². The van der Waals surface area contributed by atoms with Crippen LogP contribution in [0.2, 0.25) is 0 Å². The minimum absolute atomic E-state index is 0.00844. The molecule has 0 fully saturated rings. The van der Waals surface area contributed by atoms with Crippen molar-refractivity contribution in [2.24, 2.45) is 5.73 Å². The molecule has 0 amide bonds. The number of aliphatic carboxylic acids is 1. The highest BCUT2D eigenvalue weighted by molar-refractivity contribution is 5.79. The van der Waals surface area contributed by atoms with Gasteiger partial charge in [-0.15, -0.1) is 0 Å². The number of aliphatic hydroxyl groups excluding tert-OH is 1. The van der Waals surface area contributed by atoms with Gasteiger partial charge in [0, 0.05) is 13.0 Å². The summed E-state index contributed by atoms with van der Waals surface area (Å²) in [5.41, 5.74) is 6.29. The molecule has 0 bridgehead atoms. The fraction of sp³-hybridized carbons (Fsp3) is 0.636. The zero-order valence-corrected chi connectivity index (χ0v) is 18.4. The van der Waals surface area contributed by atoms with Crippen molar-refractivity contribution in [3.8, 4) is 5.75 Å². The molecule has 1 atom stereocenters. The van der Waals surface area contributed by atoms with Gasteiger partial charge in [0.1, 0.15) is 18.4 Å². The number of aliphatic hydroxyl groups is 1. The van der Waals surface area contributed by atoms with E-state index >= 15 is 0 Å². The van der Waals surface area contributed by atoms with Crippen LogP contribution in [0.25, 0.3) is 0 Å². The van der Waals surface area contributed by atoms with E-state index in [-0.39, 0.29) is 25.4 Å². The summed E-state index contributed by atoms with van der Waals surface area (Å²) in [5, 5.41) is 17.4. The largest absolute Gasteiger partial charge is 0.486 e. The van der Waals surface area contributed by atoms with E-state index in [1.165, 1.54) is 0 Å². The molecule has 4 N–H and O–H groups in total. The number of ether oxygens (including phenoxy) is 5. The molecule has 0 radical (unpaired) electrons. The van der Waals surface area contributed by atoms with Gasteiger partial charge in [-0.2, -0.15) is 0 Å². The molecule has 1 rings (SSSR count). The van der Waals surface area contributed by atoms with Crippen LogP contribution in [0.3, 0.4) is 0 Å². The van der Waals surface area contributed by atoms with E-state index in [4.69, 9.17) is 39.6 Å². The average molecular weight is 458 g/mol. The second-order valence-electron chi connectivity index (χ2n) is 6.90. The van der Waals surface area contributed by atoms with Crippen LogP contribution in [0, 0.1) is 0 Å². The molecular weight excluding hydrogens is 422 g/mol. The molecule has 0 aromatic heterocycles. The van der Waals surface area contributed by atoms with Gasteiger partial charge in [-0.05, 0) is 30.5 Å². The summed E-state index contributed by atoms with van der Waals surface area (Å²) in [6, 6.07) is 5.91. The van der Waals surface area contributed by atoms with E-state index in [0.717, 1.165) is 5.56 Å². The summed E-state index contributed by atoms with van der Waals surface area (Å²) < 4.78 is 26.6. The van der Waals surface area contributed by atoms with Crippen molar-refractivity contribution in [1.29, 1.82) is 0 Å². The summed E-state index contributed by atoms with van der Waals surface area (Å²) in [7, 11) is 0. The Labute approximate surface area is 188 Å². The molecule has 0 saturated heterocycles. The van der Waals surface area contributed by atoms with E-state index in [2.05, 4.69) is 0 Å². The summed E-state index contributed by atoms with van der Waals surface area (Å²) >= 11 is 0. The normalized spacial score (nSPS) is 11.9. The highest BCUT2D eigenvalue weighted by atomic mass is 16.6. The predicted molar refractivity (Wildman–Crippen MR) is 116 cm³/mol. The minimum Gasteiger partial charge on any atom is -0.486 e. The van der Waals surface area contributed by atoms with E-state index in [0.29, 0.717) is 71.4 Å². The molecule has 0 spiro atoms. The molecule has 0 aliphatic carbocycles. The lowest BCUT2D eigenvalue weighted by Gasteiger charge is -2.09. The van der Waals surface area contributed by atoms with Crippen LogP contribution in [0.5, 0.6) is 5.75 Å². The van der Waals surface area contributed by atoms with Crippen molar-refractivity contribution < 1.29 is 43.5 Å². The Hall–Kier alpha value is -2.08. The topological polar surface area (TPSA) is 147 Å². The molecule has 32 heavy (non-hydrogen) atoms. The van der Waals surface area contributed by atoms with Gasteiger partial charge in [0.25, 0.3) is 0 Å². The van der Waals surface area contributed by atoms with Gasteiger partial charge in [-0.3, -0.25) is 9.59 Å². The first-order valence-electron chi connectivity index (χ1n) is 10.7. The minimum atomic E-state index is -1.05. The van der Waals surface area contributed by atoms with Gasteiger partial charge in [0.2, 0.25) is 0 Å². The summed E-state index contributed by atoms with van der Waals surface area (Å²) in [6.45, 7) is 3.51. The number of carbonyl (C=O) groups is 2. The first-order valence-corrected chi connectivity index (χ1v) is 10.7. The standard InChI is InChI=1S/C22H35NO9/c23-21(22(26)27)16-18-3-5-20(6-4-18)32-17-19(25)2-1-8-28-10-12-30-14-15-31-13-11-29-9-7-24/h3-6,21,24H,1-2,7-17,23H2,(H,26,27)/t21-/m0/s1. The van der Waals surface area contributed by atoms with Gasteiger partial charge in [0.05, 0.1) is 52.9 Å². The molecule has 1 aromatic rings. The lowest BCUT2D eigenvalue weighted by atomic mass is 10.1. The number of hydrogen-bond donors (Lipinski definition) is 3. The molecule has 0 aliphatic heterocycles. The third-order valence-electron chi connectivity index (χ3n) is 4.19. The molecule has 182 valence electrons. The quantitative estimate of drug-likeness (QED) is 0.222. The first kappa shape index (κ1) is 28.0. The lowest BCUT2D eigenvalue weighted by molar-refractivity contribution is -0.138. The van der Waals surface area contributed by atoms with Crippen LogP contribution in [0.4, 0.5) is 0 Å². The monoisotopic (exact) mass is 457 g/mol. The van der Waals surface area contributed by atoms with Gasteiger partial charge in [-0.1, -0.05) is 12.1 Å². The molecule has 1 aromatic carbocycles. The number of carboxylic acids is 1. The predicted octanol–water partition coefficient (Wildman–Crippen LogP) is 0.428. The van der Waals surface area contributed by atoms with Crippen molar-refractivity contribution in [2.45, 2.75) is 25.3 Å². The molecule has 10 nitrogen and oxygen atoms in total. The maximum absolute atomic E-state index is 11.9. The Morgan fingerprint density at radius 2 is 1.38 bits per heavy atom. The number of carboxylic acid groups (broad SMARTS) is 1. The maximum atomic E-state index is 11.9. The number of rotatable bonds is 21. The third kappa shape index (κ3) is 14.8. The van der Waals surface area contributed by atoms with Crippen molar-refractivity contribution in [3.63, 3.8) is 0 Å². The molecule has 0 heterocycles. The van der Waals surface area contributed by atoms with Crippen molar-refractivity contribution >= 4 is 11.8 Å². The van der Waals surface area contributed by atoms with Crippen molar-refractivity contribution in [1.82, 2.24) is 0 Å². The third-order valence-corrected chi connectivity index (χ3v) is 4.19. The number of nitrogens with two attached hydrogens (primary N) is 1. The molecule has 0 saturated carbocycles. The van der Waals surface area contributed by atoms with Gasteiger partial charge in [-0.25, -0.2) is 0 Å². The SMILES string of the molecule is N[C@@H](Cc1ccc(OCC(=O)CCCOCCOCCOCCOCCO)cc1)C(=O)O. The first-order chi connectivity index (χ1) is 15.5. The smallest absolute Gasteiger partial charge is 0.320 e. The van der Waals surface area contributed by atoms with Crippen molar-refractivity contribution in [2.75, 3.05) is 66.1 Å². The summed E-state index contributed by atoms with van der Waals surface area (Å²) in [6.07, 6.45) is 1.19. The van der Waals surface area contributed by atoms with E-state index in [1.54, 1.807) is 24.3 Å². The molecule has 10 heteroatoms. The van der Waals surface area contributed by atoms with Crippen molar-refractivity contribution in [3.05, 3.63) is 29.8 Å². The second kappa shape index (κ2) is 18.5. The Morgan fingerprint density at radius 3 is 1.91 bits per heavy atom. The van der Waals surface area contributed by atoms with Crippen LogP contribution < -0.4 is 10.5 Å². The van der Waals surface area contributed by atoms with Crippen LogP contribution in [0.15, 0.2) is 24.3 Å². The van der Waals surface area contributed by atoms with Crippen LogP contribution in [0.1, 0.15) is 18.4 Å². The second-order valence-corrected chi connectivity index (χ2v) is 6.90. The number of hydrogen-bond acceptors (Lipinski definition) is 9.